The molecule has 0 heterocycles. The molecule has 0 aliphatic heterocycles. The molecule has 0 saturated heterocycles. The number of Topliss-reactive ketones (excluding diaryl/α,β-unsaturated/α-hetero) is 1. The van der Waals surface area contributed by atoms with Crippen molar-refractivity contribution in [3.8, 4) is 11.8 Å². The molecule has 104 valence electrons. The van der Waals surface area contributed by atoms with Gasteiger partial charge in [-0.2, -0.15) is 0 Å². The molecule has 0 aromatic heterocycles. The van der Waals surface area contributed by atoms with Crippen LogP contribution in [0.2, 0.25) is 0 Å². The van der Waals surface area contributed by atoms with Gasteiger partial charge in [-0.3, -0.25) is 4.79 Å². The zero-order chi connectivity index (χ0) is 13.6. The van der Waals surface area contributed by atoms with E-state index in [1.807, 2.05) is 0 Å². The number of carbonyl (C=O) groups excluding carboxylic acids is 1. The molecule has 2 N–H and O–H groups in total. The lowest BCUT2D eigenvalue weighted by atomic mass is 9.59. The van der Waals surface area contributed by atoms with Gasteiger partial charge in [-0.25, -0.2) is 0 Å². The second-order valence-electron chi connectivity index (χ2n) is 6.66. The average molecular weight is 262 g/mol. The molecule has 3 aliphatic carbocycles. The zero-order valence-electron chi connectivity index (χ0n) is 11.4. The van der Waals surface area contributed by atoms with Gasteiger partial charge in [0.25, 0.3) is 0 Å². The van der Waals surface area contributed by atoms with Gasteiger partial charge in [-0.05, 0) is 44.4 Å². The highest BCUT2D eigenvalue weighted by atomic mass is 16.3. The maximum Gasteiger partial charge on any atom is 0.136 e. The molecule has 0 bridgehead atoms. The van der Waals surface area contributed by atoms with Crippen molar-refractivity contribution in [2.24, 2.45) is 23.7 Å². The normalized spacial score (nSPS) is 41.1. The molecule has 3 saturated carbocycles. The highest BCUT2D eigenvalue weighted by molar-refractivity contribution is 5.87. The standard InChI is InChI=1S/C16H22O3/c1-16(19,10-3-2-4-10)8-7-12-13-9-15(18)11(13)5-6-14(12)17/h10-14,17,19H,2-6,9H2,1H3/t11-,12+,13-,14+,16+/m0/s1. The first-order valence-electron chi connectivity index (χ1n) is 7.45. The van der Waals surface area contributed by atoms with Gasteiger partial charge in [-0.1, -0.05) is 18.3 Å². The van der Waals surface area contributed by atoms with Crippen molar-refractivity contribution in [2.45, 2.75) is 57.2 Å². The summed E-state index contributed by atoms with van der Waals surface area (Å²) in [7, 11) is 0. The van der Waals surface area contributed by atoms with Crippen LogP contribution in [0.4, 0.5) is 0 Å². The van der Waals surface area contributed by atoms with Crippen molar-refractivity contribution in [1.82, 2.24) is 0 Å². The third-order valence-electron chi connectivity index (χ3n) is 5.41. The van der Waals surface area contributed by atoms with E-state index in [0.717, 1.165) is 19.3 Å². The predicted molar refractivity (Wildman–Crippen MR) is 71.1 cm³/mol. The molecule has 3 nitrogen and oxygen atoms in total. The van der Waals surface area contributed by atoms with Crippen molar-refractivity contribution in [1.29, 1.82) is 0 Å². The van der Waals surface area contributed by atoms with Gasteiger partial charge in [-0.15, -0.1) is 0 Å². The molecule has 19 heavy (non-hydrogen) atoms. The van der Waals surface area contributed by atoms with Crippen molar-refractivity contribution in [2.75, 3.05) is 0 Å². The lowest BCUT2D eigenvalue weighted by Gasteiger charge is -2.45. The van der Waals surface area contributed by atoms with E-state index in [1.165, 1.54) is 6.42 Å². The molecule has 0 aromatic rings. The van der Waals surface area contributed by atoms with Crippen LogP contribution in [0.1, 0.15) is 45.4 Å². The van der Waals surface area contributed by atoms with Gasteiger partial charge in [0.15, 0.2) is 0 Å². The van der Waals surface area contributed by atoms with E-state index in [2.05, 4.69) is 11.8 Å². The smallest absolute Gasteiger partial charge is 0.136 e. The molecule has 0 radical (unpaired) electrons. The van der Waals surface area contributed by atoms with Gasteiger partial charge < -0.3 is 10.2 Å². The monoisotopic (exact) mass is 262 g/mol. The summed E-state index contributed by atoms with van der Waals surface area (Å²) in [4.78, 5) is 11.5. The van der Waals surface area contributed by atoms with Crippen LogP contribution < -0.4 is 0 Å². The third-order valence-corrected chi connectivity index (χ3v) is 5.41. The number of fused-ring (bicyclic) bond motifs is 1. The summed E-state index contributed by atoms with van der Waals surface area (Å²) < 4.78 is 0. The quantitative estimate of drug-likeness (QED) is 0.704. The van der Waals surface area contributed by atoms with Crippen LogP contribution >= 0.6 is 0 Å². The summed E-state index contributed by atoms with van der Waals surface area (Å²) in [6, 6.07) is 0. The Bertz CT molecular complexity index is 439. The van der Waals surface area contributed by atoms with Crippen LogP contribution in [0.15, 0.2) is 0 Å². The van der Waals surface area contributed by atoms with E-state index in [0.29, 0.717) is 18.6 Å². The molecular weight excluding hydrogens is 240 g/mol. The summed E-state index contributed by atoms with van der Waals surface area (Å²) in [5.41, 5.74) is -0.932. The molecule has 0 unspecified atom stereocenters. The van der Waals surface area contributed by atoms with Crippen LogP contribution in [0.5, 0.6) is 0 Å². The Hall–Kier alpha value is -0.850. The number of rotatable bonds is 1. The Morgan fingerprint density at radius 1 is 1.26 bits per heavy atom. The van der Waals surface area contributed by atoms with Crippen LogP contribution in [0.25, 0.3) is 0 Å². The number of carbonyl (C=O) groups is 1. The fraction of sp³-hybridized carbons (Fsp3) is 0.812. The molecule has 3 heteroatoms. The molecule has 3 rings (SSSR count). The van der Waals surface area contributed by atoms with E-state index in [1.54, 1.807) is 6.92 Å². The second kappa shape index (κ2) is 4.61. The molecular formula is C16H22O3. The molecule has 3 fully saturated rings. The molecule has 0 amide bonds. The predicted octanol–water partition coefficient (Wildman–Crippen LogP) is 1.52. The number of aliphatic hydroxyl groups excluding tert-OH is 1. The number of hydrogen-bond donors (Lipinski definition) is 2. The Labute approximate surface area is 114 Å². The zero-order valence-corrected chi connectivity index (χ0v) is 11.4. The maximum atomic E-state index is 11.5. The Morgan fingerprint density at radius 3 is 2.58 bits per heavy atom. The number of aliphatic hydroxyl groups is 2. The summed E-state index contributed by atoms with van der Waals surface area (Å²) in [5.74, 6) is 6.93. The van der Waals surface area contributed by atoms with Gasteiger partial charge in [0.2, 0.25) is 0 Å². The molecule has 0 aromatic carbocycles. The average Bonchev–Trinajstić information content (AvgIpc) is 2.23. The number of ketones is 1. The minimum Gasteiger partial charge on any atom is -0.392 e. The lowest BCUT2D eigenvalue weighted by Crippen LogP contribution is -2.49. The maximum absolute atomic E-state index is 11.5. The van der Waals surface area contributed by atoms with Gasteiger partial charge >= 0.3 is 0 Å². The summed E-state index contributed by atoms with van der Waals surface area (Å²) in [5, 5.41) is 20.4. The van der Waals surface area contributed by atoms with Crippen molar-refractivity contribution < 1.29 is 15.0 Å². The first-order valence-corrected chi connectivity index (χ1v) is 7.45. The molecule has 3 aliphatic rings. The minimum atomic E-state index is -0.932. The van der Waals surface area contributed by atoms with Crippen LogP contribution in [0, 0.1) is 35.5 Å². The third kappa shape index (κ3) is 2.22. The summed E-state index contributed by atoms with van der Waals surface area (Å²) in [6.07, 6.45) is 4.86. The Balaban J connectivity index is 1.72. The highest BCUT2D eigenvalue weighted by Gasteiger charge is 2.49. The summed E-state index contributed by atoms with van der Waals surface area (Å²) in [6.45, 7) is 1.78. The van der Waals surface area contributed by atoms with E-state index < -0.39 is 11.7 Å². The van der Waals surface area contributed by atoms with Crippen LogP contribution in [-0.4, -0.2) is 27.7 Å². The lowest BCUT2D eigenvalue weighted by molar-refractivity contribution is -0.141. The summed E-state index contributed by atoms with van der Waals surface area (Å²) >= 11 is 0. The second-order valence-corrected chi connectivity index (χ2v) is 6.66. The van der Waals surface area contributed by atoms with E-state index in [4.69, 9.17) is 0 Å². The first kappa shape index (κ1) is 13.1. The van der Waals surface area contributed by atoms with E-state index in [9.17, 15) is 15.0 Å². The van der Waals surface area contributed by atoms with Gasteiger partial charge in [0.05, 0.1) is 12.0 Å². The van der Waals surface area contributed by atoms with Crippen molar-refractivity contribution >= 4 is 5.78 Å². The fourth-order valence-electron chi connectivity index (χ4n) is 3.68. The Morgan fingerprint density at radius 2 is 2.00 bits per heavy atom. The minimum absolute atomic E-state index is 0.122. The fourth-order valence-corrected chi connectivity index (χ4v) is 3.68. The largest absolute Gasteiger partial charge is 0.392 e. The molecule has 0 spiro atoms. The van der Waals surface area contributed by atoms with Crippen LogP contribution in [0.3, 0.4) is 0 Å². The SMILES string of the molecule is C[C@@](O)(C#C[C@@H]1[C@H]2CC(=O)[C@H]2CC[C@H]1O)C1CCC1. The van der Waals surface area contributed by atoms with Crippen molar-refractivity contribution in [3.63, 3.8) is 0 Å². The van der Waals surface area contributed by atoms with Gasteiger partial charge in [0.1, 0.15) is 11.4 Å². The van der Waals surface area contributed by atoms with Crippen molar-refractivity contribution in [3.05, 3.63) is 0 Å². The van der Waals surface area contributed by atoms with E-state index in [-0.39, 0.29) is 23.7 Å². The van der Waals surface area contributed by atoms with Gasteiger partial charge in [0, 0.05) is 12.3 Å². The number of hydrogen-bond acceptors (Lipinski definition) is 3. The molecule has 5 atom stereocenters. The van der Waals surface area contributed by atoms with E-state index >= 15 is 0 Å². The Kier molecular flexibility index (Phi) is 3.19. The first-order chi connectivity index (χ1) is 8.99. The highest BCUT2D eigenvalue weighted by Crippen LogP contribution is 2.45. The van der Waals surface area contributed by atoms with Crippen LogP contribution in [-0.2, 0) is 4.79 Å². The topological polar surface area (TPSA) is 57.5 Å².